The van der Waals surface area contributed by atoms with Crippen LogP contribution in [0.15, 0.2) is 51.3 Å². The van der Waals surface area contributed by atoms with E-state index in [9.17, 15) is 14.9 Å². The van der Waals surface area contributed by atoms with Crippen LogP contribution in [0, 0.1) is 0 Å². The van der Waals surface area contributed by atoms with E-state index in [1.54, 1.807) is 28.5 Å². The first-order valence-electron chi connectivity index (χ1n) is 11.5. The van der Waals surface area contributed by atoms with Crippen LogP contribution in [0.2, 0.25) is 0 Å². The predicted molar refractivity (Wildman–Crippen MR) is 142 cm³/mol. The summed E-state index contributed by atoms with van der Waals surface area (Å²) in [6.07, 6.45) is -0.968. The molecule has 2 saturated heterocycles. The molecule has 2 N–H and O–H groups in total. The highest BCUT2D eigenvalue weighted by Crippen LogP contribution is 2.59. The van der Waals surface area contributed by atoms with E-state index >= 15 is 0 Å². The number of fused-ring (bicyclic) bond motifs is 1. The van der Waals surface area contributed by atoms with Crippen LogP contribution in [-0.4, -0.2) is 45.3 Å². The molecule has 5 atom stereocenters. The normalized spacial score (nSPS) is 29.5. The van der Waals surface area contributed by atoms with Gasteiger partial charge >= 0.3 is 13.5 Å². The van der Waals surface area contributed by atoms with Crippen LogP contribution in [0.3, 0.4) is 0 Å². The molecule has 2 aliphatic heterocycles. The van der Waals surface area contributed by atoms with Gasteiger partial charge in [0, 0.05) is 20.8 Å². The summed E-state index contributed by atoms with van der Waals surface area (Å²) in [5, 5.41) is 3.88. The third kappa shape index (κ3) is 6.35. The predicted octanol–water partition coefficient (Wildman–Crippen LogP) is 5.11. The van der Waals surface area contributed by atoms with Crippen LogP contribution in [0.25, 0.3) is 10.4 Å². The number of phosphoric acid groups is 1. The van der Waals surface area contributed by atoms with Crippen molar-refractivity contribution in [3.8, 4) is 0 Å². The molecule has 0 aliphatic carbocycles. The molecule has 37 heavy (non-hydrogen) atoms. The number of anilines is 1. The Kier molecular flexibility index (Phi) is 8.32. The van der Waals surface area contributed by atoms with E-state index in [0.29, 0.717) is 6.42 Å². The molecule has 1 aromatic heterocycles. The third-order valence-corrected chi connectivity index (χ3v) is 10.6. The van der Waals surface area contributed by atoms with E-state index in [2.05, 4.69) is 35.8 Å². The Hall–Kier alpha value is -2.02. The number of benzene rings is 1. The molecule has 2 aromatic rings. The summed E-state index contributed by atoms with van der Waals surface area (Å²) in [4.78, 5) is 20.2. The zero-order chi connectivity index (χ0) is 26.8. The molecule has 1 unspecified atom stereocenters. The van der Waals surface area contributed by atoms with Gasteiger partial charge in [0.1, 0.15) is 23.6 Å². The second-order valence-electron chi connectivity index (χ2n) is 9.72. The average Bonchev–Trinajstić information content (AvgIpc) is 3.09. The number of nitrogens with zero attached hydrogens (tertiary/aromatic N) is 5. The van der Waals surface area contributed by atoms with E-state index in [0.717, 1.165) is 15.0 Å². The first kappa shape index (κ1) is 28.0. The monoisotopic (exact) mass is 568 g/mol. The highest BCUT2D eigenvalue weighted by molar-refractivity contribution is 8.77. The van der Waals surface area contributed by atoms with Gasteiger partial charge in [-0.3, -0.25) is 18.1 Å². The van der Waals surface area contributed by atoms with Crippen molar-refractivity contribution >= 4 is 35.2 Å². The van der Waals surface area contributed by atoms with Gasteiger partial charge in [0.15, 0.2) is 6.23 Å². The number of phosphoric ester groups is 1. The second-order valence-corrected chi connectivity index (χ2v) is 14.3. The summed E-state index contributed by atoms with van der Waals surface area (Å²) in [5.41, 5.74) is 13.8. The second kappa shape index (κ2) is 11.0. The van der Waals surface area contributed by atoms with Crippen LogP contribution < -0.4 is 11.4 Å². The van der Waals surface area contributed by atoms with Gasteiger partial charge in [-0.25, -0.2) is 9.36 Å². The SMILES string of the molecule is CC(C)(C)SSc1ccccc1CCOP1(=O)OC[C@H]2O[C@@H](n3ccc(N)nc3=O)[C@](C)(N=[N+]=[N-])[C@@H]2O1. The highest BCUT2D eigenvalue weighted by Gasteiger charge is 2.60. The summed E-state index contributed by atoms with van der Waals surface area (Å²) in [6.45, 7) is 7.94. The summed E-state index contributed by atoms with van der Waals surface area (Å²) >= 11 is 0. The van der Waals surface area contributed by atoms with Crippen molar-refractivity contribution in [3.05, 3.63) is 63.0 Å². The zero-order valence-electron chi connectivity index (χ0n) is 20.8. The maximum Gasteiger partial charge on any atom is 0.475 e. The first-order valence-corrected chi connectivity index (χ1v) is 15.1. The van der Waals surface area contributed by atoms with Gasteiger partial charge in [0.2, 0.25) is 0 Å². The van der Waals surface area contributed by atoms with E-state index in [4.69, 9.17) is 24.0 Å². The number of hydrogen-bond acceptors (Lipinski definition) is 11. The number of hydrogen-bond donors (Lipinski definition) is 1. The topological polar surface area (TPSA) is 164 Å². The third-order valence-electron chi connectivity index (χ3n) is 5.70. The van der Waals surface area contributed by atoms with E-state index in [1.807, 2.05) is 24.3 Å². The number of ether oxygens (including phenoxy) is 1. The molecule has 2 fully saturated rings. The van der Waals surface area contributed by atoms with Crippen molar-refractivity contribution in [1.29, 1.82) is 0 Å². The molecular formula is C22H29N6O6PS2. The molecule has 0 radical (unpaired) electrons. The molecule has 3 heterocycles. The van der Waals surface area contributed by atoms with E-state index < -0.39 is 37.5 Å². The Balaban J connectivity index is 1.47. The fraction of sp³-hybridized carbons (Fsp3) is 0.545. The van der Waals surface area contributed by atoms with Crippen molar-refractivity contribution in [2.45, 2.75) is 67.7 Å². The van der Waals surface area contributed by atoms with Crippen LogP contribution in [0.1, 0.15) is 39.5 Å². The number of azide groups is 1. The number of nitrogens with two attached hydrogens (primary N) is 1. The van der Waals surface area contributed by atoms with Crippen molar-refractivity contribution in [2.24, 2.45) is 5.11 Å². The van der Waals surface area contributed by atoms with Gasteiger partial charge in [-0.1, -0.05) is 65.7 Å². The van der Waals surface area contributed by atoms with Crippen LogP contribution >= 0.6 is 29.4 Å². The molecule has 0 amide bonds. The molecule has 2 aliphatic rings. The standard InChI is InChI=1S/C22H29N6O6PS2/c1-21(2,3)37-36-16-8-6-5-7-14(16)10-12-31-35(30)32-13-15-18(34-35)22(4,26-27-24)19(33-15)28-11-9-17(23)25-20(28)29/h5-9,11,15,18-19H,10,12-13H2,1-4H3,(H2,23,25,29)/t15-,18-,19-,22-,35?/m1/s1. The Labute approximate surface area is 222 Å². The van der Waals surface area contributed by atoms with Crippen molar-refractivity contribution in [3.63, 3.8) is 0 Å². The van der Waals surface area contributed by atoms with Crippen LogP contribution in [0.4, 0.5) is 5.82 Å². The van der Waals surface area contributed by atoms with Gasteiger partial charge in [-0.15, -0.1) is 0 Å². The summed E-state index contributed by atoms with van der Waals surface area (Å²) in [7, 11) is -0.576. The van der Waals surface area contributed by atoms with Crippen LogP contribution in [0.5, 0.6) is 0 Å². The molecule has 1 aromatic carbocycles. The van der Waals surface area contributed by atoms with Gasteiger partial charge in [0.05, 0.1) is 13.2 Å². The fourth-order valence-corrected chi connectivity index (χ4v) is 7.70. The smallest absolute Gasteiger partial charge is 0.383 e. The minimum absolute atomic E-state index is 0.0385. The Bertz CT molecular complexity index is 1300. The molecular weight excluding hydrogens is 539 g/mol. The van der Waals surface area contributed by atoms with Crippen LogP contribution in [-0.2, 0) is 29.3 Å². The summed E-state index contributed by atoms with van der Waals surface area (Å²) in [5.74, 6) is 0.0385. The lowest BCUT2D eigenvalue weighted by atomic mass is 9.93. The molecule has 0 saturated carbocycles. The lowest BCUT2D eigenvalue weighted by Crippen LogP contribution is -2.47. The van der Waals surface area contributed by atoms with Gasteiger partial charge in [-0.05, 0) is 36.6 Å². The lowest BCUT2D eigenvalue weighted by molar-refractivity contribution is -0.0721. The fourth-order valence-electron chi connectivity index (χ4n) is 3.98. The first-order chi connectivity index (χ1) is 17.4. The number of aromatic nitrogens is 2. The summed E-state index contributed by atoms with van der Waals surface area (Å²) < 4.78 is 37.5. The zero-order valence-corrected chi connectivity index (χ0v) is 23.4. The van der Waals surface area contributed by atoms with Crippen molar-refractivity contribution < 1.29 is 22.9 Å². The van der Waals surface area contributed by atoms with E-state index in [1.165, 1.54) is 12.3 Å². The minimum atomic E-state index is -4.02. The van der Waals surface area contributed by atoms with Gasteiger partial charge in [-0.2, -0.15) is 4.98 Å². The van der Waals surface area contributed by atoms with E-state index in [-0.39, 0.29) is 23.8 Å². The Morgan fingerprint density at radius 2 is 2.14 bits per heavy atom. The molecule has 4 rings (SSSR count). The van der Waals surface area contributed by atoms with Crippen molar-refractivity contribution in [1.82, 2.24) is 9.55 Å². The van der Waals surface area contributed by atoms with Crippen molar-refractivity contribution in [2.75, 3.05) is 18.9 Å². The average molecular weight is 569 g/mol. The quantitative estimate of drug-likeness (QED) is 0.149. The molecule has 15 heteroatoms. The van der Waals surface area contributed by atoms with Gasteiger partial charge in [0.25, 0.3) is 0 Å². The minimum Gasteiger partial charge on any atom is -0.383 e. The number of rotatable bonds is 8. The maximum absolute atomic E-state index is 13.4. The molecule has 0 spiro atoms. The highest BCUT2D eigenvalue weighted by atomic mass is 33.1. The Morgan fingerprint density at radius 1 is 1.38 bits per heavy atom. The molecule has 0 bridgehead atoms. The largest absolute Gasteiger partial charge is 0.475 e. The van der Waals surface area contributed by atoms with Gasteiger partial charge < -0.3 is 10.5 Å². The number of nitrogen functional groups attached to an aromatic ring is 1. The lowest BCUT2D eigenvalue weighted by Gasteiger charge is -2.35. The summed E-state index contributed by atoms with van der Waals surface area (Å²) in [6, 6.07) is 9.37. The maximum atomic E-state index is 13.4. The molecule has 12 nitrogen and oxygen atoms in total. The Morgan fingerprint density at radius 3 is 2.84 bits per heavy atom. The molecule has 200 valence electrons.